The molecule has 3 aliphatic rings. The highest BCUT2D eigenvalue weighted by Gasteiger charge is 2.36. The molecule has 0 aromatic rings. The Morgan fingerprint density at radius 3 is 2.62 bits per heavy atom. The van der Waals surface area contributed by atoms with Crippen molar-refractivity contribution in [1.29, 1.82) is 0 Å². The maximum absolute atomic E-state index is 12.3. The number of nitrogens with one attached hydrogen (secondary N) is 1. The van der Waals surface area contributed by atoms with Gasteiger partial charge in [0.1, 0.15) is 0 Å². The van der Waals surface area contributed by atoms with Gasteiger partial charge >= 0.3 is 0 Å². The molecule has 0 aromatic heterocycles. The second-order valence-corrected chi connectivity index (χ2v) is 5.73. The summed E-state index contributed by atoms with van der Waals surface area (Å²) in [6, 6.07) is 0. The highest BCUT2D eigenvalue weighted by atomic mass is 16.2. The summed E-state index contributed by atoms with van der Waals surface area (Å²) in [5, 5.41) is 3.46. The Morgan fingerprint density at radius 2 is 1.81 bits per heavy atom. The lowest BCUT2D eigenvalue weighted by molar-refractivity contribution is -0.137. The molecule has 3 fully saturated rings. The topological polar surface area (TPSA) is 32.3 Å². The largest absolute Gasteiger partial charge is 0.342 e. The van der Waals surface area contributed by atoms with Crippen molar-refractivity contribution in [3.63, 3.8) is 0 Å². The van der Waals surface area contributed by atoms with Gasteiger partial charge in [-0.05, 0) is 44.2 Å². The number of piperidine rings is 1. The van der Waals surface area contributed by atoms with E-state index in [1.54, 1.807) is 0 Å². The van der Waals surface area contributed by atoms with E-state index in [9.17, 15) is 4.79 Å². The standard InChI is InChI=1S/C13H22N2O/c16-13(10-3-1-2-4-10)15-6-5-11-7-14-8-12(11)9-15/h10-12,14H,1-9H2. The first-order valence-corrected chi connectivity index (χ1v) is 6.84. The first kappa shape index (κ1) is 10.6. The molecule has 2 heterocycles. The van der Waals surface area contributed by atoms with Crippen molar-refractivity contribution in [3.8, 4) is 0 Å². The number of nitrogens with zero attached hydrogens (tertiary/aromatic N) is 1. The molecule has 2 unspecified atom stereocenters. The first-order valence-electron chi connectivity index (χ1n) is 6.84. The number of hydrogen-bond acceptors (Lipinski definition) is 2. The minimum absolute atomic E-state index is 0.367. The van der Waals surface area contributed by atoms with Crippen molar-refractivity contribution >= 4 is 5.91 Å². The highest BCUT2D eigenvalue weighted by molar-refractivity contribution is 5.79. The molecule has 1 amide bonds. The molecule has 3 rings (SSSR count). The Labute approximate surface area is 97.6 Å². The summed E-state index contributed by atoms with van der Waals surface area (Å²) in [4.78, 5) is 14.5. The Hall–Kier alpha value is -0.570. The van der Waals surface area contributed by atoms with Gasteiger partial charge in [0.2, 0.25) is 5.91 Å². The third-order valence-corrected chi connectivity index (χ3v) is 4.72. The third-order valence-electron chi connectivity index (χ3n) is 4.72. The summed E-state index contributed by atoms with van der Waals surface area (Å²) in [7, 11) is 0. The maximum Gasteiger partial charge on any atom is 0.225 e. The molecule has 3 heteroatoms. The first-order chi connectivity index (χ1) is 7.84. The summed E-state index contributed by atoms with van der Waals surface area (Å²) >= 11 is 0. The van der Waals surface area contributed by atoms with Gasteiger partial charge in [-0.2, -0.15) is 0 Å². The van der Waals surface area contributed by atoms with E-state index in [0.29, 0.717) is 11.8 Å². The molecule has 2 saturated heterocycles. The lowest BCUT2D eigenvalue weighted by atomic mass is 9.88. The van der Waals surface area contributed by atoms with E-state index in [0.717, 1.165) is 44.3 Å². The summed E-state index contributed by atoms with van der Waals surface area (Å²) in [5.74, 6) is 2.40. The minimum Gasteiger partial charge on any atom is -0.342 e. The molecular weight excluding hydrogens is 200 g/mol. The number of carbonyl (C=O) groups excluding carboxylic acids is 1. The maximum atomic E-state index is 12.3. The van der Waals surface area contributed by atoms with Crippen LogP contribution >= 0.6 is 0 Å². The van der Waals surface area contributed by atoms with E-state index in [2.05, 4.69) is 10.2 Å². The number of hydrogen-bond donors (Lipinski definition) is 1. The van der Waals surface area contributed by atoms with Gasteiger partial charge in [-0.25, -0.2) is 0 Å². The highest BCUT2D eigenvalue weighted by Crippen LogP contribution is 2.31. The number of carbonyl (C=O) groups is 1. The van der Waals surface area contributed by atoms with Gasteiger partial charge in [0, 0.05) is 19.0 Å². The smallest absolute Gasteiger partial charge is 0.225 e. The molecule has 0 bridgehead atoms. The van der Waals surface area contributed by atoms with Crippen molar-refractivity contribution in [3.05, 3.63) is 0 Å². The second kappa shape index (κ2) is 4.36. The molecule has 0 radical (unpaired) electrons. The van der Waals surface area contributed by atoms with E-state index in [1.165, 1.54) is 25.8 Å². The van der Waals surface area contributed by atoms with Crippen LogP contribution in [0.3, 0.4) is 0 Å². The van der Waals surface area contributed by atoms with Gasteiger partial charge < -0.3 is 10.2 Å². The summed E-state index contributed by atoms with van der Waals surface area (Å²) in [6.45, 7) is 4.33. The van der Waals surface area contributed by atoms with Crippen molar-refractivity contribution in [2.45, 2.75) is 32.1 Å². The molecule has 1 N–H and O–H groups in total. The normalized spacial score (nSPS) is 35.4. The van der Waals surface area contributed by atoms with Crippen molar-refractivity contribution in [2.24, 2.45) is 17.8 Å². The summed E-state index contributed by atoms with van der Waals surface area (Å²) in [5.41, 5.74) is 0. The zero-order chi connectivity index (χ0) is 11.0. The van der Waals surface area contributed by atoms with Crippen molar-refractivity contribution < 1.29 is 4.79 Å². The fraction of sp³-hybridized carbons (Fsp3) is 0.923. The Balaban J connectivity index is 1.60. The SMILES string of the molecule is O=C(C1CCCC1)N1CCC2CNCC2C1. The van der Waals surface area contributed by atoms with Crippen LogP contribution in [0.5, 0.6) is 0 Å². The zero-order valence-corrected chi connectivity index (χ0v) is 9.95. The molecule has 2 aliphatic heterocycles. The van der Waals surface area contributed by atoms with Crippen LogP contribution in [0.4, 0.5) is 0 Å². The van der Waals surface area contributed by atoms with Gasteiger partial charge in [-0.1, -0.05) is 12.8 Å². The Kier molecular flexibility index (Phi) is 2.88. The van der Waals surface area contributed by atoms with E-state index >= 15 is 0 Å². The number of likely N-dealkylation sites (tertiary alicyclic amines) is 1. The van der Waals surface area contributed by atoms with Crippen LogP contribution in [0.15, 0.2) is 0 Å². The van der Waals surface area contributed by atoms with Gasteiger partial charge in [0.25, 0.3) is 0 Å². The molecule has 0 spiro atoms. The van der Waals surface area contributed by atoms with E-state index in [-0.39, 0.29) is 0 Å². The molecule has 90 valence electrons. The van der Waals surface area contributed by atoms with E-state index in [1.807, 2.05) is 0 Å². The van der Waals surface area contributed by atoms with Crippen LogP contribution in [0.1, 0.15) is 32.1 Å². The number of rotatable bonds is 1. The Morgan fingerprint density at radius 1 is 1.06 bits per heavy atom. The molecule has 2 atom stereocenters. The van der Waals surface area contributed by atoms with Gasteiger partial charge in [0.05, 0.1) is 0 Å². The predicted octanol–water partition coefficient (Wildman–Crippen LogP) is 1.24. The van der Waals surface area contributed by atoms with Crippen molar-refractivity contribution in [2.75, 3.05) is 26.2 Å². The lowest BCUT2D eigenvalue weighted by Gasteiger charge is -2.35. The molecule has 16 heavy (non-hydrogen) atoms. The van der Waals surface area contributed by atoms with Crippen LogP contribution < -0.4 is 5.32 Å². The van der Waals surface area contributed by atoms with Crippen LogP contribution in [-0.2, 0) is 4.79 Å². The monoisotopic (exact) mass is 222 g/mol. The second-order valence-electron chi connectivity index (χ2n) is 5.73. The fourth-order valence-corrected chi connectivity index (χ4v) is 3.67. The zero-order valence-electron chi connectivity index (χ0n) is 9.95. The molecule has 1 aliphatic carbocycles. The summed E-state index contributed by atoms with van der Waals surface area (Å²) < 4.78 is 0. The minimum atomic E-state index is 0.367. The van der Waals surface area contributed by atoms with Crippen LogP contribution in [0, 0.1) is 17.8 Å². The van der Waals surface area contributed by atoms with Crippen LogP contribution in [-0.4, -0.2) is 37.0 Å². The van der Waals surface area contributed by atoms with Gasteiger partial charge in [-0.15, -0.1) is 0 Å². The fourth-order valence-electron chi connectivity index (χ4n) is 3.67. The quantitative estimate of drug-likeness (QED) is 0.724. The molecule has 0 aromatic carbocycles. The average Bonchev–Trinajstić information content (AvgIpc) is 2.98. The van der Waals surface area contributed by atoms with Crippen molar-refractivity contribution in [1.82, 2.24) is 10.2 Å². The third kappa shape index (κ3) is 1.86. The van der Waals surface area contributed by atoms with E-state index < -0.39 is 0 Å². The Bertz CT molecular complexity index is 273. The van der Waals surface area contributed by atoms with Crippen LogP contribution in [0.25, 0.3) is 0 Å². The van der Waals surface area contributed by atoms with Gasteiger partial charge in [-0.3, -0.25) is 4.79 Å². The number of fused-ring (bicyclic) bond motifs is 1. The average molecular weight is 222 g/mol. The van der Waals surface area contributed by atoms with Gasteiger partial charge in [0.15, 0.2) is 0 Å². The van der Waals surface area contributed by atoms with Crippen LogP contribution in [0.2, 0.25) is 0 Å². The molecular formula is C13H22N2O. The number of amides is 1. The van der Waals surface area contributed by atoms with E-state index in [4.69, 9.17) is 0 Å². The molecule has 3 nitrogen and oxygen atoms in total. The molecule has 1 saturated carbocycles. The predicted molar refractivity (Wildman–Crippen MR) is 63.0 cm³/mol. The lowest BCUT2D eigenvalue weighted by Crippen LogP contribution is -2.45. The summed E-state index contributed by atoms with van der Waals surface area (Å²) in [6.07, 6.45) is 6.02.